The zero-order valence-corrected chi connectivity index (χ0v) is 19.0. The smallest absolute Gasteiger partial charge is 0.240 e. The average molecular weight is 447 g/mol. The lowest BCUT2D eigenvalue weighted by molar-refractivity contribution is 0.113. The van der Waals surface area contributed by atoms with Crippen LogP contribution in [0.3, 0.4) is 0 Å². The largest absolute Gasteiger partial charge is 0.374 e. The van der Waals surface area contributed by atoms with Crippen molar-refractivity contribution in [3.8, 4) is 0 Å². The van der Waals surface area contributed by atoms with Crippen molar-refractivity contribution >= 4 is 15.7 Å². The highest BCUT2D eigenvalue weighted by atomic mass is 32.2. The van der Waals surface area contributed by atoms with E-state index in [1.165, 1.54) is 29.4 Å². The molecule has 2 aromatic rings. The zero-order chi connectivity index (χ0) is 22.0. The van der Waals surface area contributed by atoms with Gasteiger partial charge >= 0.3 is 0 Å². The topological polar surface area (TPSA) is 55.9 Å². The van der Waals surface area contributed by atoms with E-state index >= 15 is 0 Å². The molecule has 0 aromatic heterocycles. The summed E-state index contributed by atoms with van der Waals surface area (Å²) < 4.78 is 41.9. The number of nitrogens with one attached hydrogen (secondary N) is 1. The Kier molecular flexibility index (Phi) is 6.62. The molecular formula is C23H31FN4O2S. The number of hydrogen-bond donors (Lipinski definition) is 1. The number of rotatable bonds is 6. The van der Waals surface area contributed by atoms with Crippen LogP contribution in [-0.4, -0.2) is 71.6 Å². The maximum atomic E-state index is 13.6. The van der Waals surface area contributed by atoms with E-state index in [1.807, 2.05) is 0 Å². The van der Waals surface area contributed by atoms with Gasteiger partial charge in [-0.2, -0.15) is 0 Å². The molecule has 0 aliphatic carbocycles. The van der Waals surface area contributed by atoms with Crippen molar-refractivity contribution in [2.24, 2.45) is 0 Å². The molecule has 0 bridgehead atoms. The SMILES string of the molecule is CN1CCN(C(CNS(=O)(=O)c2cccc(F)c2)c2ccc3c(c2)CCCN3C)CC1. The van der Waals surface area contributed by atoms with Crippen molar-refractivity contribution in [3.63, 3.8) is 0 Å². The lowest BCUT2D eigenvalue weighted by Gasteiger charge is -2.39. The molecule has 0 saturated carbocycles. The van der Waals surface area contributed by atoms with Crippen LogP contribution in [-0.2, 0) is 16.4 Å². The molecule has 1 saturated heterocycles. The number of nitrogens with zero attached hydrogens (tertiary/aromatic N) is 3. The van der Waals surface area contributed by atoms with Crippen LogP contribution < -0.4 is 9.62 Å². The second-order valence-electron chi connectivity index (χ2n) is 8.58. The first-order valence-electron chi connectivity index (χ1n) is 10.9. The fourth-order valence-electron chi connectivity index (χ4n) is 4.51. The summed E-state index contributed by atoms with van der Waals surface area (Å²) in [6.45, 7) is 4.94. The van der Waals surface area contributed by atoms with Gasteiger partial charge in [-0.25, -0.2) is 17.5 Å². The van der Waals surface area contributed by atoms with Crippen LogP contribution in [0.2, 0.25) is 0 Å². The van der Waals surface area contributed by atoms with E-state index in [9.17, 15) is 12.8 Å². The van der Waals surface area contributed by atoms with Gasteiger partial charge in [-0.15, -0.1) is 0 Å². The van der Waals surface area contributed by atoms with Gasteiger partial charge in [-0.3, -0.25) is 4.90 Å². The lowest BCUT2D eigenvalue weighted by atomic mass is 9.95. The normalized spacial score (nSPS) is 19.3. The number of piperazine rings is 1. The molecule has 1 atom stereocenters. The molecule has 2 aliphatic heterocycles. The minimum Gasteiger partial charge on any atom is -0.374 e. The highest BCUT2D eigenvalue weighted by Gasteiger charge is 2.27. The average Bonchev–Trinajstić information content (AvgIpc) is 2.75. The Bertz CT molecular complexity index is 1020. The van der Waals surface area contributed by atoms with Crippen LogP contribution >= 0.6 is 0 Å². The maximum absolute atomic E-state index is 13.6. The van der Waals surface area contributed by atoms with Gasteiger partial charge in [0.25, 0.3) is 0 Å². The second-order valence-corrected chi connectivity index (χ2v) is 10.3. The molecule has 31 heavy (non-hydrogen) atoms. The number of aryl methyl sites for hydroxylation is 1. The first-order valence-corrected chi connectivity index (χ1v) is 12.3. The number of benzene rings is 2. The molecule has 1 N–H and O–H groups in total. The van der Waals surface area contributed by atoms with E-state index in [-0.39, 0.29) is 17.5 Å². The van der Waals surface area contributed by atoms with Crippen molar-refractivity contribution in [1.29, 1.82) is 0 Å². The van der Waals surface area contributed by atoms with Gasteiger partial charge in [-0.05, 0) is 55.3 Å². The number of sulfonamides is 1. The summed E-state index contributed by atoms with van der Waals surface area (Å²) in [5.74, 6) is -0.558. The number of halogens is 1. The number of anilines is 1. The van der Waals surface area contributed by atoms with Gasteiger partial charge in [0, 0.05) is 58.0 Å². The fraction of sp³-hybridized carbons (Fsp3) is 0.478. The van der Waals surface area contributed by atoms with Crippen molar-refractivity contribution in [1.82, 2.24) is 14.5 Å². The van der Waals surface area contributed by atoms with Crippen LogP contribution in [0.4, 0.5) is 10.1 Å². The highest BCUT2D eigenvalue weighted by molar-refractivity contribution is 7.89. The van der Waals surface area contributed by atoms with Gasteiger partial charge in [0.15, 0.2) is 0 Å². The summed E-state index contributed by atoms with van der Waals surface area (Å²) in [7, 11) is 0.422. The van der Waals surface area contributed by atoms with Gasteiger partial charge < -0.3 is 9.80 Å². The molecule has 168 valence electrons. The molecular weight excluding hydrogens is 415 g/mol. The van der Waals surface area contributed by atoms with Gasteiger partial charge in [0.1, 0.15) is 5.82 Å². The van der Waals surface area contributed by atoms with E-state index in [0.29, 0.717) is 0 Å². The summed E-state index contributed by atoms with van der Waals surface area (Å²) in [6.07, 6.45) is 2.16. The molecule has 0 radical (unpaired) electrons. The Morgan fingerprint density at radius 1 is 1.03 bits per heavy atom. The Morgan fingerprint density at radius 3 is 2.55 bits per heavy atom. The highest BCUT2D eigenvalue weighted by Crippen LogP contribution is 2.31. The molecule has 6 nitrogen and oxygen atoms in total. The summed E-state index contributed by atoms with van der Waals surface area (Å²) >= 11 is 0. The molecule has 8 heteroatoms. The Labute approximate surface area is 184 Å². The van der Waals surface area contributed by atoms with Gasteiger partial charge in [0.2, 0.25) is 10.0 Å². The first kappa shape index (κ1) is 22.2. The van der Waals surface area contributed by atoms with Crippen LogP contribution in [0.25, 0.3) is 0 Å². The maximum Gasteiger partial charge on any atom is 0.240 e. The molecule has 4 rings (SSSR count). The number of likely N-dealkylation sites (N-methyl/N-ethyl adjacent to an activating group) is 1. The van der Waals surface area contributed by atoms with Crippen molar-refractivity contribution in [2.75, 3.05) is 58.3 Å². The first-order chi connectivity index (χ1) is 14.8. The number of fused-ring (bicyclic) bond motifs is 1. The van der Waals surface area contributed by atoms with Crippen LogP contribution in [0.15, 0.2) is 47.4 Å². The third-order valence-electron chi connectivity index (χ3n) is 6.39. The van der Waals surface area contributed by atoms with Crippen LogP contribution in [0, 0.1) is 5.82 Å². The van der Waals surface area contributed by atoms with Gasteiger partial charge in [-0.1, -0.05) is 18.2 Å². The fourth-order valence-corrected chi connectivity index (χ4v) is 5.58. The van der Waals surface area contributed by atoms with Crippen molar-refractivity contribution < 1.29 is 12.8 Å². The molecule has 1 unspecified atom stereocenters. The third kappa shape index (κ3) is 5.09. The quantitative estimate of drug-likeness (QED) is 0.739. The van der Waals surface area contributed by atoms with E-state index in [4.69, 9.17) is 0 Å². The number of hydrogen-bond acceptors (Lipinski definition) is 5. The summed E-state index contributed by atoms with van der Waals surface area (Å²) in [6, 6.07) is 11.6. The summed E-state index contributed by atoms with van der Waals surface area (Å²) in [5, 5.41) is 0. The second kappa shape index (κ2) is 9.24. The van der Waals surface area contributed by atoms with E-state index in [1.54, 1.807) is 0 Å². The lowest BCUT2D eigenvalue weighted by Crippen LogP contribution is -2.48. The molecule has 0 amide bonds. The Hall–Kier alpha value is -2.00. The summed E-state index contributed by atoms with van der Waals surface area (Å²) in [4.78, 5) is 6.87. The van der Waals surface area contributed by atoms with E-state index < -0.39 is 15.8 Å². The minimum absolute atomic E-state index is 0.0447. The van der Waals surface area contributed by atoms with Crippen LogP contribution in [0.5, 0.6) is 0 Å². The standard InChI is InChI=1S/C23H31FN4O2S/c1-26-11-13-28(14-12-26)23(17-25-31(29,30)21-7-3-6-20(24)16-21)19-8-9-22-18(15-19)5-4-10-27(22)2/h3,6-9,15-16,23,25H,4-5,10-14,17H2,1-2H3. The molecule has 1 fully saturated rings. The van der Waals surface area contributed by atoms with Gasteiger partial charge in [0.05, 0.1) is 4.90 Å². The molecule has 2 aromatic carbocycles. The zero-order valence-electron chi connectivity index (χ0n) is 18.2. The van der Waals surface area contributed by atoms with Crippen molar-refractivity contribution in [3.05, 3.63) is 59.4 Å². The van der Waals surface area contributed by atoms with Crippen molar-refractivity contribution in [2.45, 2.75) is 23.8 Å². The Morgan fingerprint density at radius 2 is 1.81 bits per heavy atom. The third-order valence-corrected chi connectivity index (χ3v) is 7.81. The summed E-state index contributed by atoms with van der Waals surface area (Å²) in [5.41, 5.74) is 3.70. The molecule has 2 aliphatic rings. The van der Waals surface area contributed by atoms with E-state index in [2.05, 4.69) is 51.7 Å². The monoisotopic (exact) mass is 446 g/mol. The Balaban J connectivity index is 1.59. The molecule has 2 heterocycles. The van der Waals surface area contributed by atoms with E-state index in [0.717, 1.165) is 57.2 Å². The molecule has 0 spiro atoms. The minimum atomic E-state index is -3.80. The predicted molar refractivity (Wildman–Crippen MR) is 121 cm³/mol. The van der Waals surface area contributed by atoms with Crippen LogP contribution in [0.1, 0.15) is 23.6 Å². The predicted octanol–water partition coefficient (Wildman–Crippen LogP) is 2.48.